The highest BCUT2D eigenvalue weighted by molar-refractivity contribution is 6.03. The number of hydrogen-bond donors (Lipinski definition) is 3. The van der Waals surface area contributed by atoms with Crippen LogP contribution in [0.3, 0.4) is 0 Å². The van der Waals surface area contributed by atoms with E-state index in [1.807, 2.05) is 45.0 Å². The molecule has 9 nitrogen and oxygen atoms in total. The highest BCUT2D eigenvalue weighted by Gasteiger charge is 2.52. The molecule has 2 aromatic carbocycles. The molecule has 3 N–H and O–H groups in total. The fourth-order valence-electron chi connectivity index (χ4n) is 6.59. The molecule has 2 aromatic heterocycles. The third-order valence-electron chi connectivity index (χ3n) is 8.97. The molecular weight excluding hydrogens is 549 g/mol. The first-order valence-corrected chi connectivity index (χ1v) is 15.0. The number of ether oxygens (including phenoxy) is 3. The van der Waals surface area contributed by atoms with E-state index in [2.05, 4.69) is 15.6 Å². The molecule has 10 heteroatoms. The van der Waals surface area contributed by atoms with Gasteiger partial charge in [-0.25, -0.2) is 9.37 Å². The minimum atomic E-state index is -0.631. The second-order valence-corrected chi connectivity index (χ2v) is 11.9. The van der Waals surface area contributed by atoms with Crippen LogP contribution < -0.4 is 20.1 Å². The van der Waals surface area contributed by atoms with Crippen molar-refractivity contribution >= 4 is 27.5 Å². The van der Waals surface area contributed by atoms with Gasteiger partial charge in [0.25, 0.3) is 0 Å². The first kappa shape index (κ1) is 27.8. The fourth-order valence-corrected chi connectivity index (χ4v) is 6.59. The predicted octanol–water partition coefficient (Wildman–Crippen LogP) is 5.54. The molecule has 0 amide bonds. The van der Waals surface area contributed by atoms with Crippen LogP contribution in [0.25, 0.3) is 32.9 Å². The molecule has 5 heterocycles. The van der Waals surface area contributed by atoms with Gasteiger partial charge >= 0.3 is 6.01 Å². The number of allylic oxidation sites excluding steroid dienone is 1. The first-order chi connectivity index (χ1) is 20.9. The average Bonchev–Trinajstić information content (AvgIpc) is 3.59. The summed E-state index contributed by atoms with van der Waals surface area (Å²) >= 11 is 0. The van der Waals surface area contributed by atoms with Crippen LogP contribution in [0.1, 0.15) is 39.2 Å². The third-order valence-corrected chi connectivity index (χ3v) is 8.97. The van der Waals surface area contributed by atoms with Gasteiger partial charge in [0, 0.05) is 30.6 Å². The number of anilines is 1. The Labute approximate surface area is 249 Å². The van der Waals surface area contributed by atoms with Crippen LogP contribution in [-0.4, -0.2) is 65.1 Å². The summed E-state index contributed by atoms with van der Waals surface area (Å²) in [6.07, 6.45) is 4.60. The molecule has 0 unspecified atom stereocenters. The summed E-state index contributed by atoms with van der Waals surface area (Å²) in [4.78, 5) is 14.1. The summed E-state index contributed by atoms with van der Waals surface area (Å²) in [5, 5.41) is 19.4. The van der Waals surface area contributed by atoms with E-state index in [0.717, 1.165) is 41.2 Å². The Bertz CT molecular complexity index is 1750. The molecule has 4 aromatic rings. The number of fused-ring (bicyclic) bond motifs is 2. The number of phenols is 1. The van der Waals surface area contributed by atoms with E-state index < -0.39 is 5.82 Å². The van der Waals surface area contributed by atoms with Crippen molar-refractivity contribution < 1.29 is 23.7 Å². The maximum absolute atomic E-state index is 16.9. The number of pyridine rings is 1. The van der Waals surface area contributed by atoms with Crippen LogP contribution in [0.4, 0.5) is 10.2 Å². The standard InChI is InChI=1S/C33H36FN5O4/c1-4-19-7-6-8-21-11-22(40)12-24(25(19)21)28-27(34)29-26-30(39-32(38-29)42-17-33-13-23(14-33)41-16-33)36-10-9-35-15-20(5-2)18(3)43-31(26)37-28/h5-8,11-12,18,23,35,40H,4,9-10,13-17H2,1-3H3,(H,36,38,39)/b20-5+/t18-,23?,33?/m0/s1. The SMILES string of the molecule is C/C=C1\CNCCNc2nc(OCC34COC(C3)C4)nc3c(F)c(-c4cc(O)cc5cccc(CC)c45)nc(c23)O[C@H]1C. The van der Waals surface area contributed by atoms with Crippen molar-refractivity contribution in [3.05, 3.63) is 53.4 Å². The molecule has 2 saturated heterocycles. The Morgan fingerprint density at radius 1 is 1.16 bits per heavy atom. The zero-order valence-electron chi connectivity index (χ0n) is 24.7. The number of rotatable bonds is 5. The molecule has 3 aliphatic heterocycles. The number of aryl methyl sites for hydroxylation is 1. The number of benzene rings is 2. The summed E-state index contributed by atoms with van der Waals surface area (Å²) in [7, 11) is 0. The van der Waals surface area contributed by atoms with E-state index in [-0.39, 0.29) is 40.4 Å². The molecule has 2 bridgehead atoms. The Kier molecular flexibility index (Phi) is 7.05. The van der Waals surface area contributed by atoms with Gasteiger partial charge in [-0.1, -0.05) is 31.2 Å². The highest BCUT2D eigenvalue weighted by Crippen LogP contribution is 2.50. The first-order valence-electron chi connectivity index (χ1n) is 15.0. The zero-order chi connectivity index (χ0) is 29.7. The monoisotopic (exact) mass is 585 g/mol. The van der Waals surface area contributed by atoms with Crippen LogP contribution in [-0.2, 0) is 11.2 Å². The number of nitrogens with zero attached hydrogens (tertiary/aromatic N) is 3. The molecule has 1 atom stereocenters. The lowest BCUT2D eigenvalue weighted by Gasteiger charge is -2.34. The molecule has 8 rings (SSSR count). The summed E-state index contributed by atoms with van der Waals surface area (Å²) in [5.74, 6) is -0.00256. The maximum Gasteiger partial charge on any atom is 0.319 e. The number of halogens is 1. The number of hydrogen-bond acceptors (Lipinski definition) is 9. The number of phenolic OH excluding ortho intramolecular Hbond substituents is 1. The van der Waals surface area contributed by atoms with Crippen molar-refractivity contribution in [3.63, 3.8) is 0 Å². The molecule has 43 heavy (non-hydrogen) atoms. The van der Waals surface area contributed by atoms with E-state index in [9.17, 15) is 5.11 Å². The molecule has 1 saturated carbocycles. The van der Waals surface area contributed by atoms with Crippen LogP contribution in [0, 0.1) is 11.2 Å². The van der Waals surface area contributed by atoms with Crippen LogP contribution in [0.5, 0.6) is 17.6 Å². The molecule has 1 aliphatic carbocycles. The predicted molar refractivity (Wildman–Crippen MR) is 163 cm³/mol. The molecule has 3 fully saturated rings. The third kappa shape index (κ3) is 4.92. The van der Waals surface area contributed by atoms with Gasteiger partial charge in [-0.3, -0.25) is 0 Å². The lowest BCUT2D eigenvalue weighted by molar-refractivity contribution is 0.0786. The summed E-state index contributed by atoms with van der Waals surface area (Å²) < 4.78 is 35.3. The molecule has 224 valence electrons. The van der Waals surface area contributed by atoms with Crippen LogP contribution in [0.2, 0.25) is 0 Å². The van der Waals surface area contributed by atoms with Crippen molar-refractivity contribution in [2.75, 3.05) is 38.2 Å². The molecular formula is C33H36FN5O4. The van der Waals surface area contributed by atoms with Crippen LogP contribution in [0.15, 0.2) is 42.0 Å². The Morgan fingerprint density at radius 2 is 2.02 bits per heavy atom. The van der Waals surface area contributed by atoms with Crippen molar-refractivity contribution in [2.24, 2.45) is 5.41 Å². The largest absolute Gasteiger partial charge is 0.508 e. The fraction of sp³-hybridized carbons (Fsp3) is 0.424. The van der Waals surface area contributed by atoms with Gasteiger partial charge in [0.1, 0.15) is 34.3 Å². The Balaban J connectivity index is 1.45. The Morgan fingerprint density at radius 3 is 2.79 bits per heavy atom. The minimum absolute atomic E-state index is 0.0203. The van der Waals surface area contributed by atoms with Crippen molar-refractivity contribution in [1.82, 2.24) is 20.3 Å². The van der Waals surface area contributed by atoms with E-state index in [0.29, 0.717) is 55.7 Å². The second kappa shape index (κ2) is 10.9. The van der Waals surface area contributed by atoms with E-state index in [1.54, 1.807) is 12.1 Å². The lowest BCUT2D eigenvalue weighted by atomic mass is 9.71. The highest BCUT2D eigenvalue weighted by atomic mass is 19.1. The Hall–Kier alpha value is -4.02. The molecule has 0 spiro atoms. The van der Waals surface area contributed by atoms with Gasteiger partial charge in [-0.2, -0.15) is 9.97 Å². The number of aromatic hydroxyl groups is 1. The smallest absolute Gasteiger partial charge is 0.319 e. The normalized spacial score (nSPS) is 24.3. The second-order valence-electron chi connectivity index (χ2n) is 11.9. The lowest BCUT2D eigenvalue weighted by Crippen LogP contribution is -2.38. The topological polar surface area (TPSA) is 111 Å². The summed E-state index contributed by atoms with van der Waals surface area (Å²) in [6.45, 7) is 8.85. The van der Waals surface area contributed by atoms with Gasteiger partial charge in [0.2, 0.25) is 5.88 Å². The van der Waals surface area contributed by atoms with Crippen LogP contribution >= 0.6 is 0 Å². The van der Waals surface area contributed by atoms with Crippen molar-refractivity contribution in [1.29, 1.82) is 0 Å². The van der Waals surface area contributed by atoms with Gasteiger partial charge in [0.05, 0.1) is 19.3 Å². The molecule has 0 radical (unpaired) electrons. The quantitative estimate of drug-likeness (QED) is 0.260. The zero-order valence-corrected chi connectivity index (χ0v) is 24.7. The number of nitrogens with one attached hydrogen (secondary N) is 2. The van der Waals surface area contributed by atoms with E-state index in [1.165, 1.54) is 0 Å². The molecule has 4 aliphatic rings. The van der Waals surface area contributed by atoms with Gasteiger partial charge in [-0.05, 0) is 67.2 Å². The van der Waals surface area contributed by atoms with Crippen molar-refractivity contribution in [2.45, 2.75) is 52.2 Å². The van der Waals surface area contributed by atoms with Gasteiger partial charge in [0.15, 0.2) is 5.82 Å². The summed E-state index contributed by atoms with van der Waals surface area (Å²) in [5.41, 5.74) is 2.59. The van der Waals surface area contributed by atoms with Crippen molar-refractivity contribution in [3.8, 4) is 28.9 Å². The summed E-state index contributed by atoms with van der Waals surface area (Å²) in [6, 6.07) is 9.18. The van der Waals surface area contributed by atoms with Gasteiger partial charge in [-0.15, -0.1) is 0 Å². The average molecular weight is 586 g/mol. The van der Waals surface area contributed by atoms with Gasteiger partial charge < -0.3 is 30.0 Å². The maximum atomic E-state index is 16.9. The minimum Gasteiger partial charge on any atom is -0.508 e. The number of aromatic nitrogens is 3. The van der Waals surface area contributed by atoms with E-state index in [4.69, 9.17) is 24.2 Å². The van der Waals surface area contributed by atoms with E-state index >= 15 is 4.39 Å².